The highest BCUT2D eigenvalue weighted by molar-refractivity contribution is 5.94. The van der Waals surface area contributed by atoms with E-state index in [1.807, 2.05) is 0 Å². The van der Waals surface area contributed by atoms with Crippen LogP contribution in [0.25, 0.3) is 22.3 Å². The van der Waals surface area contributed by atoms with Gasteiger partial charge in [-0.15, -0.1) is 0 Å². The second kappa shape index (κ2) is 8.55. The van der Waals surface area contributed by atoms with Crippen molar-refractivity contribution in [1.29, 1.82) is 0 Å². The Morgan fingerprint density at radius 2 is 1.56 bits per heavy atom. The van der Waals surface area contributed by atoms with E-state index in [2.05, 4.69) is 0 Å². The third kappa shape index (κ3) is 3.70. The Morgan fingerprint density at radius 3 is 2.21 bits per heavy atom. The van der Waals surface area contributed by atoms with Gasteiger partial charge in [-0.25, -0.2) is 0 Å². The Labute approximate surface area is 189 Å². The molecule has 13 nitrogen and oxygen atoms in total. The molecule has 1 aliphatic heterocycles. The summed E-state index contributed by atoms with van der Waals surface area (Å²) >= 11 is 0. The maximum atomic E-state index is 12.6. The number of aliphatic hydroxyl groups is 4. The summed E-state index contributed by atoms with van der Waals surface area (Å²) < 4.78 is 15.9. The van der Waals surface area contributed by atoms with E-state index in [-0.39, 0.29) is 11.3 Å². The zero-order chi connectivity index (χ0) is 24.9. The SMILES string of the molecule is O=c1cc(-c2ccc(O)c(O)c2)oc2c(O)c(O[C@@H]3OC(CO)[C@@H](O)[C@H](O)C3O)c(O)c(O)c12. The van der Waals surface area contributed by atoms with Crippen molar-refractivity contribution in [3.05, 3.63) is 34.5 Å². The number of aliphatic hydroxyl groups excluding tert-OH is 4. The van der Waals surface area contributed by atoms with E-state index < -0.39 is 88.2 Å². The number of benzene rings is 2. The van der Waals surface area contributed by atoms with Crippen LogP contribution in [0.5, 0.6) is 34.5 Å². The van der Waals surface area contributed by atoms with Crippen LogP contribution in [0.3, 0.4) is 0 Å². The lowest BCUT2D eigenvalue weighted by atomic mass is 9.99. The van der Waals surface area contributed by atoms with Crippen LogP contribution in [0.1, 0.15) is 0 Å². The third-order valence-corrected chi connectivity index (χ3v) is 5.40. The van der Waals surface area contributed by atoms with Crippen LogP contribution in [-0.4, -0.2) is 83.3 Å². The molecule has 2 unspecified atom stereocenters. The van der Waals surface area contributed by atoms with Crippen molar-refractivity contribution >= 4 is 11.0 Å². The predicted octanol–water partition coefficient (Wildman–Crippen LogP) is -0.833. The fourth-order valence-electron chi connectivity index (χ4n) is 3.54. The summed E-state index contributed by atoms with van der Waals surface area (Å²) in [5.74, 6) is -5.22. The van der Waals surface area contributed by atoms with Crippen molar-refractivity contribution in [2.24, 2.45) is 0 Å². The Morgan fingerprint density at radius 1 is 0.853 bits per heavy atom. The van der Waals surface area contributed by atoms with Crippen LogP contribution in [0, 0.1) is 0 Å². The minimum Gasteiger partial charge on any atom is -0.504 e. The van der Waals surface area contributed by atoms with Gasteiger partial charge in [0.25, 0.3) is 0 Å². The van der Waals surface area contributed by atoms with E-state index in [4.69, 9.17) is 13.9 Å². The molecule has 182 valence electrons. The molecule has 0 spiro atoms. The molecule has 0 bridgehead atoms. The Bertz CT molecular complexity index is 1300. The lowest BCUT2D eigenvalue weighted by molar-refractivity contribution is -0.277. The average Bonchev–Trinajstić information content (AvgIpc) is 2.81. The highest BCUT2D eigenvalue weighted by Crippen LogP contribution is 2.50. The number of aromatic hydroxyl groups is 5. The number of hydrogen-bond donors (Lipinski definition) is 9. The van der Waals surface area contributed by atoms with Crippen molar-refractivity contribution in [2.75, 3.05) is 6.61 Å². The first kappa shape index (κ1) is 23.4. The molecule has 5 atom stereocenters. The quantitative estimate of drug-likeness (QED) is 0.164. The summed E-state index contributed by atoms with van der Waals surface area (Å²) in [6, 6.07) is 4.39. The fraction of sp³-hybridized carbons (Fsp3) is 0.286. The van der Waals surface area contributed by atoms with E-state index in [1.165, 1.54) is 6.07 Å². The van der Waals surface area contributed by atoms with E-state index in [1.54, 1.807) is 0 Å². The maximum absolute atomic E-state index is 12.6. The van der Waals surface area contributed by atoms with Crippen LogP contribution >= 0.6 is 0 Å². The zero-order valence-electron chi connectivity index (χ0n) is 17.1. The van der Waals surface area contributed by atoms with Crippen molar-refractivity contribution < 1.29 is 59.8 Å². The maximum Gasteiger partial charge on any atom is 0.229 e. The van der Waals surface area contributed by atoms with Gasteiger partial charge in [0, 0.05) is 11.6 Å². The first-order chi connectivity index (χ1) is 16.0. The lowest BCUT2D eigenvalue weighted by Gasteiger charge is -2.39. The molecule has 4 rings (SSSR count). The lowest BCUT2D eigenvalue weighted by Crippen LogP contribution is -2.60. The van der Waals surface area contributed by atoms with Gasteiger partial charge in [-0.3, -0.25) is 4.79 Å². The van der Waals surface area contributed by atoms with E-state index >= 15 is 0 Å². The molecule has 1 fully saturated rings. The van der Waals surface area contributed by atoms with Crippen molar-refractivity contribution in [3.63, 3.8) is 0 Å². The van der Waals surface area contributed by atoms with Gasteiger partial charge in [0.1, 0.15) is 35.6 Å². The smallest absolute Gasteiger partial charge is 0.229 e. The number of phenolic OH excluding ortho intramolecular Hbond substituents is 5. The zero-order valence-corrected chi connectivity index (χ0v) is 17.1. The van der Waals surface area contributed by atoms with Crippen molar-refractivity contribution in [1.82, 2.24) is 0 Å². The van der Waals surface area contributed by atoms with Crippen LogP contribution in [0.4, 0.5) is 0 Å². The van der Waals surface area contributed by atoms with Crippen LogP contribution in [0.15, 0.2) is 33.5 Å². The molecule has 3 aromatic rings. The number of fused-ring (bicyclic) bond motifs is 1. The number of hydrogen-bond acceptors (Lipinski definition) is 13. The number of ether oxygens (including phenoxy) is 2. The standard InChI is InChI=1S/C21H20O13/c22-5-11-13(26)15(28)17(30)21(33-11)34-20-16(29)14(27)12-9(25)4-10(32-19(12)18(20)31)6-1-2-7(23)8(24)3-6/h1-4,11,13,15,17,21-24,26-31H,5H2/t11?,13-,15+,17?,21+/m1/s1. The third-order valence-electron chi connectivity index (χ3n) is 5.40. The molecule has 2 heterocycles. The van der Waals surface area contributed by atoms with E-state index in [0.29, 0.717) is 0 Å². The minimum absolute atomic E-state index is 0.109. The topological polar surface area (TPSA) is 231 Å². The summed E-state index contributed by atoms with van der Waals surface area (Å²) in [6.07, 6.45) is -8.65. The predicted molar refractivity (Wildman–Crippen MR) is 111 cm³/mol. The average molecular weight is 480 g/mol. The molecular weight excluding hydrogens is 460 g/mol. The minimum atomic E-state index is -1.91. The summed E-state index contributed by atoms with van der Waals surface area (Å²) in [6.45, 7) is -0.774. The van der Waals surface area contributed by atoms with Gasteiger partial charge in [-0.1, -0.05) is 0 Å². The number of phenols is 5. The van der Waals surface area contributed by atoms with Gasteiger partial charge in [0.15, 0.2) is 28.3 Å². The van der Waals surface area contributed by atoms with Crippen molar-refractivity contribution in [3.8, 4) is 45.8 Å². The first-order valence-electron chi connectivity index (χ1n) is 9.79. The van der Waals surface area contributed by atoms with Crippen LogP contribution in [-0.2, 0) is 4.74 Å². The molecule has 1 aliphatic rings. The van der Waals surface area contributed by atoms with Gasteiger partial charge in [-0.2, -0.15) is 0 Å². The van der Waals surface area contributed by atoms with Gasteiger partial charge < -0.3 is 59.8 Å². The van der Waals surface area contributed by atoms with Crippen LogP contribution in [0.2, 0.25) is 0 Å². The Balaban J connectivity index is 1.83. The molecule has 9 N–H and O–H groups in total. The van der Waals surface area contributed by atoms with E-state index in [0.717, 1.165) is 18.2 Å². The van der Waals surface area contributed by atoms with Gasteiger partial charge in [0.2, 0.25) is 23.5 Å². The molecule has 0 radical (unpaired) electrons. The summed E-state index contributed by atoms with van der Waals surface area (Å²) in [5, 5.41) is 89.2. The Hall–Kier alpha value is -3.75. The summed E-state index contributed by atoms with van der Waals surface area (Å²) in [7, 11) is 0. The second-order valence-electron chi connectivity index (χ2n) is 7.57. The summed E-state index contributed by atoms with van der Waals surface area (Å²) in [4.78, 5) is 12.6. The fourth-order valence-corrected chi connectivity index (χ4v) is 3.54. The molecule has 0 amide bonds. The van der Waals surface area contributed by atoms with Crippen LogP contribution < -0.4 is 10.2 Å². The highest BCUT2D eigenvalue weighted by Gasteiger charge is 2.45. The van der Waals surface area contributed by atoms with Gasteiger partial charge in [-0.05, 0) is 18.2 Å². The van der Waals surface area contributed by atoms with Crippen molar-refractivity contribution in [2.45, 2.75) is 30.7 Å². The monoisotopic (exact) mass is 480 g/mol. The largest absolute Gasteiger partial charge is 0.504 e. The van der Waals surface area contributed by atoms with Gasteiger partial charge in [0.05, 0.1) is 6.61 Å². The molecule has 1 aromatic heterocycles. The molecule has 2 aromatic carbocycles. The normalized spacial score (nSPS) is 24.9. The molecule has 34 heavy (non-hydrogen) atoms. The molecule has 0 aliphatic carbocycles. The molecule has 0 saturated carbocycles. The number of rotatable bonds is 4. The molecular formula is C21H20O13. The Kier molecular flexibility index (Phi) is 5.89. The first-order valence-corrected chi connectivity index (χ1v) is 9.79. The highest BCUT2D eigenvalue weighted by atomic mass is 16.7. The second-order valence-corrected chi connectivity index (χ2v) is 7.57. The molecule has 13 heteroatoms. The molecule has 1 saturated heterocycles. The van der Waals surface area contributed by atoms with Gasteiger partial charge >= 0.3 is 0 Å². The summed E-state index contributed by atoms with van der Waals surface area (Å²) in [5.41, 5.74) is -1.44. The van der Waals surface area contributed by atoms with E-state index in [9.17, 15) is 50.8 Å².